The third-order valence-corrected chi connectivity index (χ3v) is 5.24. The van der Waals surface area contributed by atoms with E-state index in [2.05, 4.69) is 29.1 Å². The van der Waals surface area contributed by atoms with Crippen LogP contribution < -0.4 is 5.73 Å². The Labute approximate surface area is 169 Å². The van der Waals surface area contributed by atoms with Crippen molar-refractivity contribution in [1.29, 1.82) is 0 Å². The molecule has 2 heterocycles. The topological polar surface area (TPSA) is 82.8 Å². The number of aromatic nitrogens is 4. The van der Waals surface area contributed by atoms with Gasteiger partial charge in [-0.25, -0.2) is 4.68 Å². The highest BCUT2D eigenvalue weighted by atomic mass is 35.5. The second kappa shape index (κ2) is 7.62. The Kier molecular flexibility index (Phi) is 5.60. The lowest BCUT2D eigenvalue weighted by Crippen LogP contribution is -2.34. The molecule has 0 amide bonds. The number of benzene rings is 1. The summed E-state index contributed by atoms with van der Waals surface area (Å²) >= 11 is 6.15. The molecule has 0 spiro atoms. The van der Waals surface area contributed by atoms with Crippen LogP contribution in [0, 0.1) is 0 Å². The lowest BCUT2D eigenvalue weighted by Gasteiger charge is -2.17. The second-order valence-electron chi connectivity index (χ2n) is 7.28. The zero-order chi connectivity index (χ0) is 18.3. The maximum absolute atomic E-state index is 6.46. The Bertz CT molecular complexity index is 928. The molecule has 0 radical (unpaired) electrons. The monoisotopic (exact) mass is 407 g/mol. The van der Waals surface area contributed by atoms with Gasteiger partial charge >= 0.3 is 0 Å². The van der Waals surface area contributed by atoms with E-state index in [-0.39, 0.29) is 18.3 Å². The van der Waals surface area contributed by atoms with Crippen LogP contribution in [0.25, 0.3) is 17.1 Å². The maximum atomic E-state index is 6.46. The summed E-state index contributed by atoms with van der Waals surface area (Å²) in [6.07, 6.45) is 5.76. The van der Waals surface area contributed by atoms with Crippen LogP contribution in [-0.2, 0) is 5.54 Å². The van der Waals surface area contributed by atoms with Gasteiger partial charge in [0.25, 0.3) is 5.89 Å². The van der Waals surface area contributed by atoms with Gasteiger partial charge in [0, 0.05) is 5.02 Å². The number of hydrogen-bond donors (Lipinski definition) is 1. The van der Waals surface area contributed by atoms with Gasteiger partial charge in [-0.15, -0.1) is 12.4 Å². The van der Waals surface area contributed by atoms with Crippen molar-refractivity contribution in [3.63, 3.8) is 0 Å². The minimum absolute atomic E-state index is 0. The minimum atomic E-state index is -0.470. The standard InChI is InChI=1S/C19H22ClN5O.ClH/c1-12(2)16-15(11-22-25(16)14-7-5-6-13(20)10-14)17-23-18(24-26-17)19(21)8-3-4-9-19;/h5-7,10-12H,3-4,8-9,21H2,1-2H3;1H. The number of nitrogens with two attached hydrogens (primary N) is 1. The molecule has 3 aromatic rings. The van der Waals surface area contributed by atoms with E-state index in [0.717, 1.165) is 42.6 Å². The summed E-state index contributed by atoms with van der Waals surface area (Å²) in [4.78, 5) is 4.62. The Balaban J connectivity index is 0.00000210. The average Bonchev–Trinajstić information content (AvgIpc) is 3.33. The van der Waals surface area contributed by atoms with Gasteiger partial charge in [-0.05, 0) is 37.0 Å². The van der Waals surface area contributed by atoms with Gasteiger partial charge in [0.2, 0.25) is 0 Å². The van der Waals surface area contributed by atoms with E-state index in [4.69, 9.17) is 21.9 Å². The molecule has 2 N–H and O–H groups in total. The number of nitrogens with zero attached hydrogens (tertiary/aromatic N) is 4. The molecule has 8 heteroatoms. The molecule has 1 aliphatic rings. The van der Waals surface area contributed by atoms with Crippen LogP contribution in [-0.4, -0.2) is 19.9 Å². The summed E-state index contributed by atoms with van der Waals surface area (Å²) in [5.41, 5.74) is 8.73. The van der Waals surface area contributed by atoms with Gasteiger partial charge < -0.3 is 10.3 Å². The van der Waals surface area contributed by atoms with Crippen LogP contribution in [0.5, 0.6) is 0 Å². The molecule has 6 nitrogen and oxygen atoms in total. The predicted molar refractivity (Wildman–Crippen MR) is 108 cm³/mol. The van der Waals surface area contributed by atoms with Crippen molar-refractivity contribution in [1.82, 2.24) is 19.9 Å². The van der Waals surface area contributed by atoms with E-state index >= 15 is 0 Å². The summed E-state index contributed by atoms with van der Waals surface area (Å²) in [5, 5.41) is 9.39. The first-order valence-corrected chi connectivity index (χ1v) is 9.33. The SMILES string of the molecule is CC(C)c1c(-c2nc(C3(N)CCCC3)no2)cnn1-c1cccc(Cl)c1.Cl. The number of halogens is 2. The van der Waals surface area contributed by atoms with Crippen LogP contribution in [0.1, 0.15) is 57.0 Å². The van der Waals surface area contributed by atoms with Gasteiger partial charge in [0.15, 0.2) is 5.82 Å². The Morgan fingerprint density at radius 3 is 2.67 bits per heavy atom. The van der Waals surface area contributed by atoms with Crippen molar-refractivity contribution >= 4 is 24.0 Å². The normalized spacial score (nSPS) is 15.9. The molecule has 4 rings (SSSR count). The van der Waals surface area contributed by atoms with Gasteiger partial charge in [-0.3, -0.25) is 0 Å². The molecular weight excluding hydrogens is 385 g/mol. The lowest BCUT2D eigenvalue weighted by molar-refractivity contribution is 0.372. The lowest BCUT2D eigenvalue weighted by atomic mass is 9.98. The summed E-state index contributed by atoms with van der Waals surface area (Å²) in [6, 6.07) is 7.61. The van der Waals surface area contributed by atoms with Crippen LogP contribution >= 0.6 is 24.0 Å². The fourth-order valence-electron chi connectivity index (χ4n) is 3.66. The molecular formula is C19H23Cl2N5O. The van der Waals surface area contributed by atoms with Crippen molar-refractivity contribution in [2.75, 3.05) is 0 Å². The third-order valence-electron chi connectivity index (χ3n) is 5.00. The molecule has 0 aliphatic heterocycles. The average molecular weight is 408 g/mol. The van der Waals surface area contributed by atoms with Gasteiger partial charge in [0.1, 0.15) is 0 Å². The van der Waals surface area contributed by atoms with E-state index in [9.17, 15) is 0 Å². The highest BCUT2D eigenvalue weighted by molar-refractivity contribution is 6.30. The summed E-state index contributed by atoms with van der Waals surface area (Å²) in [6.45, 7) is 4.22. The van der Waals surface area contributed by atoms with E-state index in [1.54, 1.807) is 6.20 Å². The molecule has 1 saturated carbocycles. The molecule has 0 atom stereocenters. The van der Waals surface area contributed by atoms with Crippen molar-refractivity contribution in [3.05, 3.63) is 47.0 Å². The number of hydrogen-bond acceptors (Lipinski definition) is 5. The Morgan fingerprint density at radius 2 is 2.00 bits per heavy atom. The first-order chi connectivity index (χ1) is 12.5. The largest absolute Gasteiger partial charge is 0.334 e. The Morgan fingerprint density at radius 1 is 1.26 bits per heavy atom. The van der Waals surface area contributed by atoms with Gasteiger partial charge in [-0.2, -0.15) is 10.1 Å². The highest BCUT2D eigenvalue weighted by Crippen LogP contribution is 2.37. The second-order valence-corrected chi connectivity index (χ2v) is 7.71. The molecule has 144 valence electrons. The van der Waals surface area contributed by atoms with Crippen molar-refractivity contribution < 1.29 is 4.52 Å². The van der Waals surface area contributed by atoms with E-state index < -0.39 is 5.54 Å². The van der Waals surface area contributed by atoms with Crippen LogP contribution in [0.4, 0.5) is 0 Å². The van der Waals surface area contributed by atoms with Crippen molar-refractivity contribution in [2.45, 2.75) is 51.0 Å². The maximum Gasteiger partial charge on any atom is 0.261 e. The summed E-state index contributed by atoms with van der Waals surface area (Å²) in [5.74, 6) is 1.27. The van der Waals surface area contributed by atoms with Crippen molar-refractivity contribution in [2.24, 2.45) is 5.73 Å². The smallest absolute Gasteiger partial charge is 0.261 e. The summed E-state index contributed by atoms with van der Waals surface area (Å²) in [7, 11) is 0. The first-order valence-electron chi connectivity index (χ1n) is 8.95. The molecule has 0 saturated heterocycles. The van der Waals surface area contributed by atoms with E-state index in [1.165, 1.54) is 0 Å². The van der Waals surface area contributed by atoms with E-state index in [0.29, 0.717) is 16.7 Å². The van der Waals surface area contributed by atoms with Crippen LogP contribution in [0.2, 0.25) is 5.02 Å². The zero-order valence-corrected chi connectivity index (χ0v) is 16.9. The van der Waals surface area contributed by atoms with Crippen LogP contribution in [0.15, 0.2) is 35.0 Å². The quantitative estimate of drug-likeness (QED) is 0.667. The fraction of sp³-hybridized carbons (Fsp3) is 0.421. The minimum Gasteiger partial charge on any atom is -0.334 e. The third kappa shape index (κ3) is 3.61. The molecule has 0 bridgehead atoms. The molecule has 27 heavy (non-hydrogen) atoms. The first kappa shape index (κ1) is 19.9. The number of rotatable bonds is 4. The fourth-order valence-corrected chi connectivity index (χ4v) is 3.84. The molecule has 1 fully saturated rings. The molecule has 1 aromatic carbocycles. The zero-order valence-electron chi connectivity index (χ0n) is 15.4. The Hall–Kier alpha value is -1.89. The van der Waals surface area contributed by atoms with Crippen LogP contribution in [0.3, 0.4) is 0 Å². The molecule has 2 aromatic heterocycles. The van der Waals surface area contributed by atoms with Crippen molar-refractivity contribution in [3.8, 4) is 17.1 Å². The molecule has 1 aliphatic carbocycles. The van der Waals surface area contributed by atoms with Gasteiger partial charge in [-0.1, -0.05) is 49.5 Å². The van der Waals surface area contributed by atoms with E-state index in [1.807, 2.05) is 28.9 Å². The highest BCUT2D eigenvalue weighted by Gasteiger charge is 2.36. The molecule has 0 unspecified atom stereocenters. The predicted octanol–water partition coefficient (Wildman–Crippen LogP) is 4.85. The van der Waals surface area contributed by atoms with Gasteiger partial charge in [0.05, 0.1) is 28.7 Å². The summed E-state index contributed by atoms with van der Waals surface area (Å²) < 4.78 is 7.45.